The molecule has 0 saturated heterocycles. The molecular formula is C25H30ClNO4. The number of amides is 1. The fourth-order valence-electron chi connectivity index (χ4n) is 4.10. The van der Waals surface area contributed by atoms with Crippen LogP contribution in [0.2, 0.25) is 5.02 Å². The smallest absolute Gasteiger partial charge is 0.341 e. The second kappa shape index (κ2) is 10.2. The summed E-state index contributed by atoms with van der Waals surface area (Å²) in [5, 5.41) is 3.69. The van der Waals surface area contributed by atoms with E-state index < -0.39 is 11.4 Å². The van der Waals surface area contributed by atoms with Crippen LogP contribution in [-0.2, 0) is 14.9 Å². The summed E-state index contributed by atoms with van der Waals surface area (Å²) in [7, 11) is 1.33. The van der Waals surface area contributed by atoms with Crippen LogP contribution in [-0.4, -0.2) is 25.1 Å². The second-order valence-electron chi connectivity index (χ2n) is 8.14. The third-order valence-corrected chi connectivity index (χ3v) is 6.34. The molecule has 0 radical (unpaired) electrons. The Balaban J connectivity index is 1.91. The molecule has 1 aliphatic carbocycles. The molecule has 0 spiro atoms. The molecule has 1 amide bonds. The fourth-order valence-corrected chi connectivity index (χ4v) is 4.23. The van der Waals surface area contributed by atoms with E-state index in [1.807, 2.05) is 38.1 Å². The summed E-state index contributed by atoms with van der Waals surface area (Å²) in [6.07, 6.45) is 5.42. The summed E-state index contributed by atoms with van der Waals surface area (Å²) < 4.78 is 10.8. The Morgan fingerprint density at radius 1 is 1.10 bits per heavy atom. The van der Waals surface area contributed by atoms with Crippen molar-refractivity contribution < 1.29 is 19.1 Å². The molecule has 1 fully saturated rings. The average molecular weight is 444 g/mol. The number of benzene rings is 2. The minimum atomic E-state index is -0.611. The molecule has 0 bridgehead atoms. The van der Waals surface area contributed by atoms with E-state index in [1.165, 1.54) is 7.11 Å². The van der Waals surface area contributed by atoms with Gasteiger partial charge in [-0.2, -0.15) is 0 Å². The molecule has 1 atom stereocenters. The van der Waals surface area contributed by atoms with Crippen LogP contribution in [0.5, 0.6) is 5.75 Å². The number of rotatable bonds is 7. The highest BCUT2D eigenvalue weighted by molar-refractivity contribution is 6.30. The number of methoxy groups -OCH3 is 1. The molecule has 5 nitrogen and oxygen atoms in total. The van der Waals surface area contributed by atoms with E-state index in [0.29, 0.717) is 22.0 Å². The van der Waals surface area contributed by atoms with Crippen LogP contribution in [0.15, 0.2) is 42.5 Å². The largest absolute Gasteiger partial charge is 0.490 e. The van der Waals surface area contributed by atoms with Gasteiger partial charge in [0.2, 0.25) is 5.91 Å². The summed E-state index contributed by atoms with van der Waals surface area (Å²) >= 11 is 6.07. The summed E-state index contributed by atoms with van der Waals surface area (Å²) in [5.74, 6) is -0.121. The predicted molar refractivity (Wildman–Crippen MR) is 123 cm³/mol. The number of nitrogens with one attached hydrogen (secondary N) is 1. The molecule has 0 heterocycles. The summed E-state index contributed by atoms with van der Waals surface area (Å²) in [4.78, 5) is 25.9. The van der Waals surface area contributed by atoms with E-state index in [4.69, 9.17) is 21.1 Å². The monoisotopic (exact) mass is 443 g/mol. The molecule has 0 unspecified atom stereocenters. The number of halogens is 1. The van der Waals surface area contributed by atoms with Gasteiger partial charge in [0.1, 0.15) is 11.3 Å². The van der Waals surface area contributed by atoms with Crippen LogP contribution < -0.4 is 10.1 Å². The zero-order valence-electron chi connectivity index (χ0n) is 18.4. The van der Waals surface area contributed by atoms with E-state index in [2.05, 4.69) is 5.32 Å². The summed E-state index contributed by atoms with van der Waals surface area (Å²) in [5.41, 5.74) is 1.20. The lowest BCUT2D eigenvalue weighted by Gasteiger charge is -2.36. The lowest BCUT2D eigenvalue weighted by Crippen LogP contribution is -2.42. The molecule has 2 aromatic carbocycles. The van der Waals surface area contributed by atoms with Crippen LogP contribution in [0.4, 0.5) is 5.69 Å². The topological polar surface area (TPSA) is 64.6 Å². The quantitative estimate of drug-likeness (QED) is 0.521. The first-order valence-electron chi connectivity index (χ1n) is 10.9. The SMILES string of the molecule is CC[C@@H](C)Oc1ccc(NC(=O)C2(c3ccc(Cl)cc3)CCCCC2)cc1C(=O)OC. The van der Waals surface area contributed by atoms with Crippen molar-refractivity contribution in [2.24, 2.45) is 0 Å². The maximum absolute atomic E-state index is 13.5. The molecule has 0 aliphatic heterocycles. The minimum absolute atomic E-state index is 0.0424. The lowest BCUT2D eigenvalue weighted by molar-refractivity contribution is -0.122. The van der Waals surface area contributed by atoms with Gasteiger partial charge >= 0.3 is 5.97 Å². The standard InChI is InChI=1S/C25H30ClNO4/c1-4-17(2)31-22-13-12-20(16-21(22)23(28)30-3)27-24(29)25(14-6-5-7-15-25)18-8-10-19(26)11-9-18/h8-13,16-17H,4-7,14-15H2,1-3H3,(H,27,29)/t17-/m1/s1. The van der Waals surface area contributed by atoms with Gasteiger partial charge in [0.15, 0.2) is 0 Å². The molecule has 1 aliphatic rings. The molecular weight excluding hydrogens is 414 g/mol. The molecule has 6 heteroatoms. The van der Waals surface area contributed by atoms with Crippen LogP contribution in [0, 0.1) is 0 Å². The van der Waals surface area contributed by atoms with Crippen LogP contribution in [0.1, 0.15) is 68.3 Å². The molecule has 1 saturated carbocycles. The Bertz CT molecular complexity index is 920. The predicted octanol–water partition coefficient (Wildman–Crippen LogP) is 6.14. The Hall–Kier alpha value is -2.53. The van der Waals surface area contributed by atoms with Gasteiger partial charge < -0.3 is 14.8 Å². The van der Waals surface area contributed by atoms with Gasteiger partial charge in [0.05, 0.1) is 18.6 Å². The zero-order valence-corrected chi connectivity index (χ0v) is 19.1. The molecule has 2 aromatic rings. The van der Waals surface area contributed by atoms with Gasteiger partial charge in [0.25, 0.3) is 0 Å². The fraction of sp³-hybridized carbons (Fsp3) is 0.440. The first kappa shape index (κ1) is 23.1. The normalized spacial score (nSPS) is 16.3. The summed E-state index contributed by atoms with van der Waals surface area (Å²) in [6, 6.07) is 12.6. The van der Waals surface area contributed by atoms with Crippen molar-refractivity contribution in [1.29, 1.82) is 0 Å². The number of carbonyl (C=O) groups excluding carboxylic acids is 2. The molecule has 3 rings (SSSR count). The van der Waals surface area contributed by atoms with Crippen molar-refractivity contribution in [2.75, 3.05) is 12.4 Å². The number of ether oxygens (including phenoxy) is 2. The van der Waals surface area contributed by atoms with Crippen LogP contribution in [0.25, 0.3) is 0 Å². The lowest BCUT2D eigenvalue weighted by atomic mass is 9.68. The van der Waals surface area contributed by atoms with Crippen molar-refractivity contribution in [2.45, 2.75) is 63.9 Å². The number of hydrogen-bond donors (Lipinski definition) is 1. The van der Waals surface area contributed by atoms with Gasteiger partial charge in [-0.1, -0.05) is 49.9 Å². The first-order chi connectivity index (χ1) is 14.9. The number of carbonyl (C=O) groups is 2. The number of esters is 1. The maximum atomic E-state index is 13.5. The zero-order chi connectivity index (χ0) is 22.4. The number of anilines is 1. The van der Waals surface area contributed by atoms with E-state index in [9.17, 15) is 9.59 Å². The van der Waals surface area contributed by atoms with E-state index >= 15 is 0 Å². The molecule has 0 aromatic heterocycles. The Morgan fingerprint density at radius 3 is 2.39 bits per heavy atom. The van der Waals surface area contributed by atoms with Crippen molar-refractivity contribution >= 4 is 29.2 Å². The number of hydrogen-bond acceptors (Lipinski definition) is 4. The van der Waals surface area contributed by atoms with Crippen molar-refractivity contribution in [1.82, 2.24) is 0 Å². The Kier molecular flexibility index (Phi) is 7.60. The van der Waals surface area contributed by atoms with Gasteiger partial charge in [-0.3, -0.25) is 4.79 Å². The van der Waals surface area contributed by atoms with Crippen molar-refractivity contribution in [3.63, 3.8) is 0 Å². The Morgan fingerprint density at radius 2 is 1.77 bits per heavy atom. The van der Waals surface area contributed by atoms with Gasteiger partial charge in [0, 0.05) is 10.7 Å². The molecule has 166 valence electrons. The highest BCUT2D eigenvalue weighted by atomic mass is 35.5. The van der Waals surface area contributed by atoms with Gasteiger partial charge in [-0.25, -0.2) is 4.79 Å². The molecule has 1 N–H and O–H groups in total. The third-order valence-electron chi connectivity index (χ3n) is 6.08. The van der Waals surface area contributed by atoms with Crippen molar-refractivity contribution in [3.8, 4) is 5.75 Å². The van der Waals surface area contributed by atoms with E-state index in [0.717, 1.165) is 44.1 Å². The van der Waals surface area contributed by atoms with Gasteiger partial charge in [-0.15, -0.1) is 0 Å². The van der Waals surface area contributed by atoms with Gasteiger partial charge in [-0.05, 0) is 62.1 Å². The first-order valence-corrected chi connectivity index (χ1v) is 11.2. The van der Waals surface area contributed by atoms with Crippen LogP contribution >= 0.6 is 11.6 Å². The second-order valence-corrected chi connectivity index (χ2v) is 8.58. The van der Waals surface area contributed by atoms with Crippen molar-refractivity contribution in [3.05, 3.63) is 58.6 Å². The highest BCUT2D eigenvalue weighted by Gasteiger charge is 2.41. The average Bonchev–Trinajstić information content (AvgIpc) is 2.80. The maximum Gasteiger partial charge on any atom is 0.341 e. The minimum Gasteiger partial charge on any atom is -0.490 e. The van der Waals surface area contributed by atoms with Crippen LogP contribution in [0.3, 0.4) is 0 Å². The summed E-state index contributed by atoms with van der Waals surface area (Å²) in [6.45, 7) is 3.95. The van der Waals surface area contributed by atoms with E-state index in [1.54, 1.807) is 18.2 Å². The third kappa shape index (κ3) is 5.21. The highest BCUT2D eigenvalue weighted by Crippen LogP contribution is 2.41. The Labute approximate surface area is 189 Å². The molecule has 31 heavy (non-hydrogen) atoms. The van der Waals surface area contributed by atoms with E-state index in [-0.39, 0.29) is 12.0 Å².